The van der Waals surface area contributed by atoms with Gasteiger partial charge in [-0.25, -0.2) is 9.78 Å². The lowest BCUT2D eigenvalue weighted by Crippen LogP contribution is -2.45. The highest BCUT2D eigenvalue weighted by Gasteiger charge is 2.35. The first kappa shape index (κ1) is 34.5. The summed E-state index contributed by atoms with van der Waals surface area (Å²) >= 11 is 1.21. The van der Waals surface area contributed by atoms with Crippen LogP contribution in [0.25, 0.3) is 6.08 Å². The highest BCUT2D eigenvalue weighted by molar-refractivity contribution is 7.09. The van der Waals surface area contributed by atoms with Crippen LogP contribution >= 0.6 is 11.3 Å². The number of ketones is 1. The summed E-state index contributed by atoms with van der Waals surface area (Å²) in [5.74, 6) is -2.62. The van der Waals surface area contributed by atoms with Gasteiger partial charge in [0.25, 0.3) is 0 Å². The quantitative estimate of drug-likeness (QED) is 0.226. The molecule has 0 saturated carbocycles. The Labute approximate surface area is 245 Å². The second kappa shape index (κ2) is 16.6. The van der Waals surface area contributed by atoms with E-state index in [-0.39, 0.29) is 37.2 Å². The van der Waals surface area contributed by atoms with Crippen molar-refractivity contribution < 1.29 is 39.9 Å². The normalized spacial score (nSPS) is 28.4. The summed E-state index contributed by atoms with van der Waals surface area (Å²) in [6.07, 6.45) is 5.34. The van der Waals surface area contributed by atoms with Gasteiger partial charge in [0.05, 0.1) is 36.5 Å². The van der Waals surface area contributed by atoms with E-state index < -0.39 is 48.3 Å². The second-order valence-electron chi connectivity index (χ2n) is 10.5. The number of Topliss-reactive ketones (excluding diaryl/α,β-unsaturated/α-hetero) is 1. The van der Waals surface area contributed by atoms with Crippen LogP contribution in [0.15, 0.2) is 58.6 Å². The molecule has 0 aromatic carbocycles. The maximum Gasteiger partial charge on any atom is 0.334 e. The molecule has 0 spiro atoms. The van der Waals surface area contributed by atoms with Gasteiger partial charge in [0.1, 0.15) is 23.0 Å². The molecule has 1 aromatic rings. The van der Waals surface area contributed by atoms with Crippen molar-refractivity contribution in [1.29, 1.82) is 0 Å². The maximum atomic E-state index is 13.0. The molecule has 10 heteroatoms. The largest absolute Gasteiger partial charge is 0.456 e. The van der Waals surface area contributed by atoms with E-state index in [1.807, 2.05) is 32.9 Å². The van der Waals surface area contributed by atoms with Crippen molar-refractivity contribution >= 4 is 29.2 Å². The minimum absolute atomic E-state index is 0.0219. The summed E-state index contributed by atoms with van der Waals surface area (Å²) in [6.45, 7) is 8.33. The van der Waals surface area contributed by atoms with E-state index in [0.29, 0.717) is 10.7 Å². The molecule has 2 rings (SSSR count). The minimum Gasteiger partial charge on any atom is -0.456 e. The average molecular weight is 590 g/mol. The smallest absolute Gasteiger partial charge is 0.334 e. The summed E-state index contributed by atoms with van der Waals surface area (Å²) in [5, 5.41) is 54.8. The lowest BCUT2D eigenvalue weighted by Gasteiger charge is -2.29. The Morgan fingerprint density at radius 3 is 2.61 bits per heavy atom. The van der Waals surface area contributed by atoms with Crippen LogP contribution in [0.1, 0.15) is 70.5 Å². The molecule has 2 bridgehead atoms. The number of nitrogens with zero attached hydrogens (tertiary/aromatic N) is 1. The van der Waals surface area contributed by atoms with Crippen molar-refractivity contribution in [3.8, 4) is 0 Å². The van der Waals surface area contributed by atoms with E-state index >= 15 is 0 Å². The molecular formula is C31H43NO8S. The second-order valence-corrected chi connectivity index (χ2v) is 11.4. The standard InChI is InChI=1S/C31H43NO8S/c1-6-18(2)12-19(3)13-25(35)21(5)28(37)29(38)27-11-9-7-8-10-23(34)15-26(36)24(16-33)30-32-22(17-41-30)14-20(4)31(39)40-27/h6-10,12,14,17,21,23-24,26-29,33-34,36-38H,11,13,15-16H2,1-5H3/b9-7-,10-8+,18-6+,19-12+,20-14+. The van der Waals surface area contributed by atoms with Gasteiger partial charge >= 0.3 is 5.97 Å². The predicted octanol–water partition coefficient (Wildman–Crippen LogP) is 3.39. The van der Waals surface area contributed by atoms with Gasteiger partial charge in [-0.3, -0.25) is 4.79 Å². The number of carbonyl (C=O) groups excluding carboxylic acids is 2. The molecule has 0 radical (unpaired) electrons. The molecule has 7 atom stereocenters. The van der Waals surface area contributed by atoms with Crippen molar-refractivity contribution in [3.63, 3.8) is 0 Å². The van der Waals surface area contributed by atoms with E-state index in [4.69, 9.17) is 4.74 Å². The molecule has 9 nitrogen and oxygen atoms in total. The van der Waals surface area contributed by atoms with Gasteiger partial charge in [0.2, 0.25) is 0 Å². The van der Waals surface area contributed by atoms with E-state index in [2.05, 4.69) is 4.98 Å². The van der Waals surface area contributed by atoms with Crippen molar-refractivity contribution in [3.05, 3.63) is 69.3 Å². The molecule has 41 heavy (non-hydrogen) atoms. The number of hydrogen-bond acceptors (Lipinski definition) is 10. The molecule has 226 valence electrons. The van der Waals surface area contributed by atoms with E-state index in [0.717, 1.165) is 11.1 Å². The van der Waals surface area contributed by atoms with Crippen LogP contribution in [0.2, 0.25) is 0 Å². The maximum absolute atomic E-state index is 13.0. The van der Waals surface area contributed by atoms with Crippen molar-refractivity contribution in [1.82, 2.24) is 4.98 Å². The predicted molar refractivity (Wildman–Crippen MR) is 159 cm³/mol. The Kier molecular flexibility index (Phi) is 14.0. The molecule has 0 saturated heterocycles. The van der Waals surface area contributed by atoms with Gasteiger partial charge in [0, 0.05) is 36.1 Å². The third-order valence-corrected chi connectivity index (χ3v) is 8.02. The molecule has 2 heterocycles. The first-order valence-corrected chi connectivity index (χ1v) is 14.6. The van der Waals surface area contributed by atoms with Gasteiger partial charge in [-0.05, 0) is 33.8 Å². The van der Waals surface area contributed by atoms with Gasteiger partial charge in [-0.2, -0.15) is 0 Å². The third-order valence-electron chi connectivity index (χ3n) is 7.03. The Hall–Kier alpha value is -2.73. The summed E-state index contributed by atoms with van der Waals surface area (Å²) in [6, 6.07) is 0. The van der Waals surface area contributed by atoms with Crippen LogP contribution in [0, 0.1) is 5.92 Å². The van der Waals surface area contributed by atoms with Crippen LogP contribution in [0.3, 0.4) is 0 Å². The fourth-order valence-corrected chi connectivity index (χ4v) is 5.24. The topological polar surface area (TPSA) is 157 Å². The fraction of sp³-hybridized carbons (Fsp3) is 0.516. The number of aliphatic hydroxyl groups is 5. The third kappa shape index (κ3) is 10.6. The molecule has 1 aliphatic rings. The summed E-state index contributed by atoms with van der Waals surface area (Å²) in [7, 11) is 0. The minimum atomic E-state index is -1.56. The number of carbonyl (C=O) groups is 2. The molecule has 0 fully saturated rings. The van der Waals surface area contributed by atoms with Gasteiger partial charge in [-0.15, -0.1) is 11.3 Å². The summed E-state index contributed by atoms with van der Waals surface area (Å²) < 4.78 is 5.60. The molecule has 1 aliphatic heterocycles. The number of esters is 1. The monoisotopic (exact) mass is 589 g/mol. The number of ether oxygens (including phenoxy) is 1. The lowest BCUT2D eigenvalue weighted by molar-refractivity contribution is -0.157. The van der Waals surface area contributed by atoms with Crippen molar-refractivity contribution in [2.75, 3.05) is 6.61 Å². The average Bonchev–Trinajstić information content (AvgIpc) is 3.38. The van der Waals surface area contributed by atoms with Crippen molar-refractivity contribution in [2.45, 2.75) is 90.3 Å². The number of cyclic esters (lactones) is 1. The van der Waals surface area contributed by atoms with E-state index in [9.17, 15) is 35.1 Å². The number of hydrogen-bond donors (Lipinski definition) is 5. The van der Waals surface area contributed by atoms with E-state index in [1.54, 1.807) is 23.6 Å². The number of fused-ring (bicyclic) bond motifs is 2. The first-order chi connectivity index (χ1) is 19.4. The van der Waals surface area contributed by atoms with Gasteiger partial charge in [0.15, 0.2) is 0 Å². The zero-order valence-electron chi connectivity index (χ0n) is 24.3. The molecule has 5 N–H and O–H groups in total. The zero-order valence-corrected chi connectivity index (χ0v) is 25.1. The van der Waals surface area contributed by atoms with Crippen molar-refractivity contribution in [2.24, 2.45) is 5.92 Å². The summed E-state index contributed by atoms with van der Waals surface area (Å²) in [5.41, 5.74) is 2.43. The molecule has 7 unspecified atom stereocenters. The van der Waals surface area contributed by atoms with Crippen LogP contribution in [0.5, 0.6) is 0 Å². The van der Waals surface area contributed by atoms with E-state index in [1.165, 1.54) is 37.3 Å². The van der Waals surface area contributed by atoms with Crippen LogP contribution in [-0.2, 0) is 14.3 Å². The van der Waals surface area contributed by atoms with Crippen LogP contribution < -0.4 is 0 Å². The molecule has 0 amide bonds. The Morgan fingerprint density at radius 1 is 1.24 bits per heavy atom. The molecular weight excluding hydrogens is 546 g/mol. The Balaban J connectivity index is 2.31. The zero-order chi connectivity index (χ0) is 30.7. The van der Waals surface area contributed by atoms with Gasteiger partial charge in [-0.1, -0.05) is 54.5 Å². The fourth-order valence-electron chi connectivity index (χ4n) is 4.31. The van der Waals surface area contributed by atoms with Crippen LogP contribution in [-0.4, -0.2) is 79.4 Å². The number of allylic oxidation sites excluding steroid dienone is 6. The van der Waals surface area contributed by atoms with Gasteiger partial charge < -0.3 is 30.3 Å². The van der Waals surface area contributed by atoms with Crippen LogP contribution in [0.4, 0.5) is 0 Å². The first-order valence-electron chi connectivity index (χ1n) is 13.7. The highest BCUT2D eigenvalue weighted by Crippen LogP contribution is 2.27. The number of aliphatic hydroxyl groups excluding tert-OH is 5. The number of thiazole rings is 1. The lowest BCUT2D eigenvalue weighted by atomic mass is 9.89. The number of rotatable bonds is 8. The highest BCUT2D eigenvalue weighted by atomic mass is 32.1. The SMILES string of the molecule is C/C=C(C)/C=C(\C)CC(=O)C(C)C(O)C(O)C1C/C=C\C=C\C(O)CC(O)C(CO)c2nc(cs2)/C=C(\C)C(=O)O1. The molecule has 1 aromatic heterocycles. The Bertz CT molecular complexity index is 1180. The summed E-state index contributed by atoms with van der Waals surface area (Å²) in [4.78, 5) is 30.2. The Morgan fingerprint density at radius 2 is 1.95 bits per heavy atom. The molecule has 0 aliphatic carbocycles. The number of aromatic nitrogens is 1.